The SMILES string of the molecule is CCC1(CC)C[C@H](NC(=O)C2CCN(Cc3ccc(Br)cc3)CC2)c2ccccc2O1. The van der Waals surface area contributed by atoms with Crippen molar-refractivity contribution in [3.05, 3.63) is 64.1 Å². The quantitative estimate of drug-likeness (QED) is 0.557. The average Bonchev–Trinajstić information content (AvgIpc) is 2.81. The predicted octanol–water partition coefficient (Wildman–Crippen LogP) is 5.86. The Kier molecular flexibility index (Phi) is 7.02. The summed E-state index contributed by atoms with van der Waals surface area (Å²) in [7, 11) is 0. The van der Waals surface area contributed by atoms with Gasteiger partial charge in [-0.15, -0.1) is 0 Å². The smallest absolute Gasteiger partial charge is 0.223 e. The number of hydrogen-bond acceptors (Lipinski definition) is 3. The number of rotatable bonds is 6. The van der Waals surface area contributed by atoms with E-state index in [-0.39, 0.29) is 23.5 Å². The van der Waals surface area contributed by atoms with E-state index in [2.05, 4.69) is 70.3 Å². The lowest BCUT2D eigenvalue weighted by molar-refractivity contribution is -0.128. The molecule has 0 bridgehead atoms. The summed E-state index contributed by atoms with van der Waals surface area (Å²) in [5, 5.41) is 3.40. The second-order valence-electron chi connectivity index (χ2n) is 8.97. The van der Waals surface area contributed by atoms with Crippen LogP contribution in [-0.2, 0) is 11.3 Å². The summed E-state index contributed by atoms with van der Waals surface area (Å²) in [6.45, 7) is 7.23. The molecular formula is C26H33BrN2O2. The Hall–Kier alpha value is -1.85. The van der Waals surface area contributed by atoms with Gasteiger partial charge in [-0.2, -0.15) is 0 Å². The van der Waals surface area contributed by atoms with Crippen molar-refractivity contribution < 1.29 is 9.53 Å². The van der Waals surface area contributed by atoms with Crippen LogP contribution in [0.2, 0.25) is 0 Å². The van der Waals surface area contributed by atoms with Crippen LogP contribution in [-0.4, -0.2) is 29.5 Å². The molecule has 2 aliphatic heterocycles. The van der Waals surface area contributed by atoms with Gasteiger partial charge in [0.15, 0.2) is 0 Å². The predicted molar refractivity (Wildman–Crippen MR) is 128 cm³/mol. The van der Waals surface area contributed by atoms with Crippen molar-refractivity contribution in [2.75, 3.05) is 13.1 Å². The fourth-order valence-corrected chi connectivity index (χ4v) is 5.19. The van der Waals surface area contributed by atoms with Gasteiger partial charge in [0.25, 0.3) is 0 Å². The van der Waals surface area contributed by atoms with Gasteiger partial charge in [-0.25, -0.2) is 0 Å². The highest BCUT2D eigenvalue weighted by molar-refractivity contribution is 9.10. The second-order valence-corrected chi connectivity index (χ2v) is 9.89. The molecule has 2 aliphatic rings. The first-order valence-electron chi connectivity index (χ1n) is 11.6. The lowest BCUT2D eigenvalue weighted by Gasteiger charge is -2.42. The molecule has 0 aromatic heterocycles. The summed E-state index contributed by atoms with van der Waals surface area (Å²) >= 11 is 3.50. The number of likely N-dealkylation sites (tertiary alicyclic amines) is 1. The maximum absolute atomic E-state index is 13.2. The monoisotopic (exact) mass is 484 g/mol. The summed E-state index contributed by atoms with van der Waals surface area (Å²) in [6, 6.07) is 16.7. The molecular weight excluding hydrogens is 452 g/mol. The van der Waals surface area contributed by atoms with Crippen molar-refractivity contribution in [2.45, 2.75) is 64.1 Å². The van der Waals surface area contributed by atoms with E-state index in [1.54, 1.807) is 0 Å². The van der Waals surface area contributed by atoms with Gasteiger partial charge in [0, 0.05) is 28.9 Å². The molecule has 2 heterocycles. The van der Waals surface area contributed by atoms with Gasteiger partial charge in [0.05, 0.1) is 6.04 Å². The van der Waals surface area contributed by atoms with Gasteiger partial charge in [0.2, 0.25) is 5.91 Å². The molecule has 31 heavy (non-hydrogen) atoms. The number of nitrogens with one attached hydrogen (secondary N) is 1. The average molecular weight is 485 g/mol. The van der Waals surface area contributed by atoms with Crippen molar-refractivity contribution in [1.82, 2.24) is 10.2 Å². The van der Waals surface area contributed by atoms with E-state index in [0.29, 0.717) is 0 Å². The zero-order valence-electron chi connectivity index (χ0n) is 18.6. The lowest BCUT2D eigenvalue weighted by Crippen LogP contribution is -2.47. The Morgan fingerprint density at radius 3 is 2.45 bits per heavy atom. The van der Waals surface area contributed by atoms with Gasteiger partial charge >= 0.3 is 0 Å². The van der Waals surface area contributed by atoms with Crippen molar-refractivity contribution in [1.29, 1.82) is 0 Å². The van der Waals surface area contributed by atoms with Crippen LogP contribution in [0.1, 0.15) is 63.1 Å². The normalized spacial score (nSPS) is 21.2. The van der Waals surface area contributed by atoms with Crippen LogP contribution >= 0.6 is 15.9 Å². The Bertz CT molecular complexity index is 887. The minimum absolute atomic E-state index is 0.0261. The molecule has 5 heteroatoms. The number of amides is 1. The number of carbonyl (C=O) groups excluding carboxylic acids is 1. The molecule has 0 aliphatic carbocycles. The topological polar surface area (TPSA) is 41.6 Å². The highest BCUT2D eigenvalue weighted by Crippen LogP contribution is 2.42. The molecule has 1 fully saturated rings. The zero-order chi connectivity index (χ0) is 21.8. The third-order valence-electron chi connectivity index (χ3n) is 7.08. The van der Waals surface area contributed by atoms with Gasteiger partial charge in [0.1, 0.15) is 11.4 Å². The van der Waals surface area contributed by atoms with Crippen molar-refractivity contribution in [2.24, 2.45) is 5.92 Å². The van der Waals surface area contributed by atoms with E-state index >= 15 is 0 Å². The number of ether oxygens (including phenoxy) is 1. The molecule has 4 rings (SSSR count). The first-order valence-corrected chi connectivity index (χ1v) is 12.4. The molecule has 0 saturated carbocycles. The Balaban J connectivity index is 1.36. The van der Waals surface area contributed by atoms with Gasteiger partial charge < -0.3 is 10.1 Å². The van der Waals surface area contributed by atoms with E-state index in [9.17, 15) is 4.79 Å². The van der Waals surface area contributed by atoms with Crippen molar-refractivity contribution in [3.8, 4) is 5.75 Å². The van der Waals surface area contributed by atoms with Gasteiger partial charge in [-0.3, -0.25) is 9.69 Å². The number of benzene rings is 2. The van der Waals surface area contributed by atoms with Crippen LogP contribution in [0.3, 0.4) is 0 Å². The minimum Gasteiger partial charge on any atom is -0.487 e. The number of piperidine rings is 1. The fraction of sp³-hybridized carbons (Fsp3) is 0.500. The number of hydrogen-bond donors (Lipinski definition) is 1. The molecule has 0 spiro atoms. The standard InChI is InChI=1S/C26H33BrN2O2/c1-3-26(4-2)17-23(22-7-5-6-8-24(22)31-26)28-25(30)20-13-15-29(16-14-20)18-19-9-11-21(27)12-10-19/h5-12,20,23H,3-4,13-18H2,1-2H3,(H,28,30)/t23-/m0/s1. The molecule has 2 aromatic carbocycles. The highest BCUT2D eigenvalue weighted by atomic mass is 79.9. The Morgan fingerprint density at radius 2 is 1.77 bits per heavy atom. The van der Waals surface area contributed by atoms with E-state index < -0.39 is 0 Å². The van der Waals surface area contributed by atoms with E-state index in [1.807, 2.05) is 18.2 Å². The molecule has 1 atom stereocenters. The van der Waals surface area contributed by atoms with Gasteiger partial charge in [-0.1, -0.05) is 60.1 Å². The number of halogens is 1. The van der Waals surface area contributed by atoms with Crippen LogP contribution in [0.4, 0.5) is 0 Å². The molecule has 2 aromatic rings. The molecule has 166 valence electrons. The molecule has 0 radical (unpaired) electrons. The van der Waals surface area contributed by atoms with Crippen molar-refractivity contribution in [3.63, 3.8) is 0 Å². The van der Waals surface area contributed by atoms with Crippen LogP contribution in [0.15, 0.2) is 53.0 Å². The van der Waals surface area contributed by atoms with Gasteiger partial charge in [-0.05, 0) is 62.5 Å². The number of nitrogens with zero attached hydrogens (tertiary/aromatic N) is 1. The number of carbonyl (C=O) groups is 1. The van der Waals surface area contributed by atoms with Crippen LogP contribution in [0, 0.1) is 5.92 Å². The largest absolute Gasteiger partial charge is 0.487 e. The first kappa shape index (κ1) is 22.3. The Morgan fingerprint density at radius 1 is 1.10 bits per heavy atom. The number of para-hydroxylation sites is 1. The van der Waals surface area contributed by atoms with Crippen LogP contribution in [0.25, 0.3) is 0 Å². The summed E-state index contributed by atoms with van der Waals surface area (Å²) in [5.74, 6) is 1.21. The molecule has 1 N–H and O–H groups in total. The summed E-state index contributed by atoms with van der Waals surface area (Å²) in [6.07, 6.45) is 4.56. The van der Waals surface area contributed by atoms with E-state index in [0.717, 1.165) is 67.5 Å². The van der Waals surface area contributed by atoms with E-state index in [1.165, 1.54) is 5.56 Å². The second kappa shape index (κ2) is 9.74. The molecule has 4 nitrogen and oxygen atoms in total. The highest BCUT2D eigenvalue weighted by Gasteiger charge is 2.39. The zero-order valence-corrected chi connectivity index (χ0v) is 20.2. The molecule has 1 saturated heterocycles. The third kappa shape index (κ3) is 5.15. The molecule has 1 amide bonds. The van der Waals surface area contributed by atoms with Crippen LogP contribution < -0.4 is 10.1 Å². The maximum Gasteiger partial charge on any atom is 0.223 e. The Labute approximate surface area is 194 Å². The van der Waals surface area contributed by atoms with Crippen molar-refractivity contribution >= 4 is 21.8 Å². The molecule has 0 unspecified atom stereocenters. The summed E-state index contributed by atoms with van der Waals surface area (Å²) in [5.41, 5.74) is 2.24. The maximum atomic E-state index is 13.2. The summed E-state index contributed by atoms with van der Waals surface area (Å²) < 4.78 is 7.50. The fourth-order valence-electron chi connectivity index (χ4n) is 4.92. The summed E-state index contributed by atoms with van der Waals surface area (Å²) in [4.78, 5) is 15.6. The number of fused-ring (bicyclic) bond motifs is 1. The third-order valence-corrected chi connectivity index (χ3v) is 7.61. The van der Waals surface area contributed by atoms with E-state index in [4.69, 9.17) is 4.74 Å². The minimum atomic E-state index is -0.194. The first-order chi connectivity index (χ1) is 15.0. The lowest BCUT2D eigenvalue weighted by atomic mass is 9.83. The van der Waals surface area contributed by atoms with Crippen LogP contribution in [0.5, 0.6) is 5.75 Å².